The quantitative estimate of drug-likeness (QED) is 0.789. The minimum absolute atomic E-state index is 0.222. The number of hydrogen-bond donors (Lipinski definition) is 1. The van der Waals surface area contributed by atoms with E-state index in [1.165, 1.54) is 10.5 Å². The fraction of sp³-hybridized carbons (Fsp3) is 0.348. The number of nitrogens with one attached hydrogen (secondary N) is 1. The maximum atomic E-state index is 12.8. The van der Waals surface area contributed by atoms with Crippen molar-refractivity contribution in [3.63, 3.8) is 0 Å². The van der Waals surface area contributed by atoms with Crippen molar-refractivity contribution in [3.05, 3.63) is 64.7 Å². The number of hydrogen-bond acceptors (Lipinski definition) is 3. The van der Waals surface area contributed by atoms with Crippen LogP contribution in [0.25, 0.3) is 0 Å². The first-order chi connectivity index (χ1) is 13.7. The van der Waals surface area contributed by atoms with Gasteiger partial charge in [-0.1, -0.05) is 35.9 Å². The average molecular weight is 393 g/mol. The van der Waals surface area contributed by atoms with Crippen molar-refractivity contribution in [2.24, 2.45) is 0 Å². The second-order valence-corrected chi connectivity index (χ2v) is 7.72. The number of anilines is 1. The summed E-state index contributed by atoms with van der Waals surface area (Å²) >= 11 is 0. The Hall–Kier alpha value is -3.15. The van der Waals surface area contributed by atoms with Crippen LogP contribution in [0.5, 0.6) is 0 Å². The van der Waals surface area contributed by atoms with E-state index in [1.54, 1.807) is 6.92 Å². The van der Waals surface area contributed by atoms with Gasteiger partial charge in [0.15, 0.2) is 0 Å². The maximum absolute atomic E-state index is 12.8. The van der Waals surface area contributed by atoms with Gasteiger partial charge in [0.05, 0.1) is 6.04 Å². The van der Waals surface area contributed by atoms with Crippen molar-refractivity contribution in [1.82, 2.24) is 10.2 Å². The van der Waals surface area contributed by atoms with Gasteiger partial charge in [-0.3, -0.25) is 19.4 Å². The lowest BCUT2D eigenvalue weighted by molar-refractivity contribution is -0.132. The molecule has 4 amide bonds. The highest BCUT2D eigenvalue weighted by Gasteiger charge is 2.44. The van der Waals surface area contributed by atoms with E-state index in [4.69, 9.17) is 0 Å². The van der Waals surface area contributed by atoms with E-state index in [0.29, 0.717) is 5.69 Å². The Morgan fingerprint density at radius 3 is 2.31 bits per heavy atom. The van der Waals surface area contributed by atoms with Crippen molar-refractivity contribution in [2.45, 2.75) is 46.7 Å². The molecular formula is C23H27N3O3. The Morgan fingerprint density at radius 2 is 1.69 bits per heavy atom. The zero-order valence-electron chi connectivity index (χ0n) is 17.5. The van der Waals surface area contributed by atoms with Crippen LogP contribution < -0.4 is 10.2 Å². The number of carbonyl (C=O) groups excluding carboxylic acids is 3. The summed E-state index contributed by atoms with van der Waals surface area (Å²) in [7, 11) is 0. The molecule has 3 rings (SSSR count). The summed E-state index contributed by atoms with van der Waals surface area (Å²) < 4.78 is 0. The van der Waals surface area contributed by atoms with Crippen molar-refractivity contribution < 1.29 is 14.4 Å². The Balaban J connectivity index is 1.69. The Bertz CT molecular complexity index is 952. The number of amides is 4. The van der Waals surface area contributed by atoms with Gasteiger partial charge in [0.1, 0.15) is 12.6 Å². The van der Waals surface area contributed by atoms with Gasteiger partial charge in [-0.25, -0.2) is 4.79 Å². The number of carbonyl (C=O) groups is 3. The Kier molecular flexibility index (Phi) is 5.73. The molecule has 0 unspecified atom stereocenters. The van der Waals surface area contributed by atoms with Crippen molar-refractivity contribution in [2.75, 3.05) is 11.4 Å². The highest BCUT2D eigenvalue weighted by Crippen LogP contribution is 2.26. The van der Waals surface area contributed by atoms with Gasteiger partial charge < -0.3 is 5.32 Å². The molecule has 0 bridgehead atoms. The standard InChI is InChI=1S/C23H27N3O3/c1-14-6-10-20(11-7-14)26-18(5)22(28)25(23(26)29)13-21(27)24-17(4)19-9-8-15(2)16(3)12-19/h6-12,17-18H,13H2,1-5H3,(H,24,27)/t17-,18+/m1/s1. The predicted molar refractivity (Wildman–Crippen MR) is 113 cm³/mol. The SMILES string of the molecule is Cc1ccc(N2C(=O)N(CC(=O)N[C@H](C)c3ccc(C)c(C)c3)C(=O)[C@@H]2C)cc1. The molecule has 6 nitrogen and oxygen atoms in total. The number of urea groups is 1. The van der Waals surface area contributed by atoms with Gasteiger partial charge in [0.25, 0.3) is 5.91 Å². The molecule has 0 aromatic heterocycles. The molecule has 2 aromatic rings. The summed E-state index contributed by atoms with van der Waals surface area (Å²) in [5, 5.41) is 2.88. The van der Waals surface area contributed by atoms with Crippen LogP contribution in [-0.2, 0) is 9.59 Å². The van der Waals surface area contributed by atoms with Crippen LogP contribution in [-0.4, -0.2) is 35.3 Å². The third-order valence-electron chi connectivity index (χ3n) is 5.47. The minimum Gasteiger partial charge on any atom is -0.348 e. The first kappa shape index (κ1) is 20.6. The van der Waals surface area contributed by atoms with Crippen LogP contribution in [0, 0.1) is 20.8 Å². The first-order valence-electron chi connectivity index (χ1n) is 9.76. The molecule has 0 saturated carbocycles. The molecule has 1 saturated heterocycles. The van der Waals surface area contributed by atoms with Crippen LogP contribution in [0.1, 0.15) is 42.1 Å². The van der Waals surface area contributed by atoms with Crippen molar-refractivity contribution in [3.8, 4) is 0 Å². The summed E-state index contributed by atoms with van der Waals surface area (Å²) in [6.07, 6.45) is 0. The molecule has 2 atom stereocenters. The van der Waals surface area contributed by atoms with Crippen molar-refractivity contribution >= 4 is 23.5 Å². The molecule has 0 spiro atoms. The molecule has 1 N–H and O–H groups in total. The van der Waals surface area contributed by atoms with Gasteiger partial charge >= 0.3 is 6.03 Å². The summed E-state index contributed by atoms with van der Waals surface area (Å²) in [5.41, 5.74) is 5.03. The van der Waals surface area contributed by atoms with Crippen LogP contribution >= 0.6 is 0 Å². The van der Waals surface area contributed by atoms with E-state index in [9.17, 15) is 14.4 Å². The van der Waals surface area contributed by atoms with Crippen LogP contribution in [0.15, 0.2) is 42.5 Å². The number of nitrogens with zero attached hydrogens (tertiary/aromatic N) is 2. The topological polar surface area (TPSA) is 69.7 Å². The number of rotatable bonds is 5. The Morgan fingerprint density at radius 1 is 1.03 bits per heavy atom. The lowest BCUT2D eigenvalue weighted by atomic mass is 10.0. The fourth-order valence-corrected chi connectivity index (χ4v) is 3.46. The summed E-state index contributed by atoms with van der Waals surface area (Å²) in [4.78, 5) is 40.5. The number of imide groups is 1. The molecule has 152 valence electrons. The molecule has 29 heavy (non-hydrogen) atoms. The molecule has 2 aromatic carbocycles. The second-order valence-electron chi connectivity index (χ2n) is 7.72. The van der Waals surface area contributed by atoms with E-state index >= 15 is 0 Å². The fourth-order valence-electron chi connectivity index (χ4n) is 3.46. The van der Waals surface area contributed by atoms with Crippen LogP contribution in [0.4, 0.5) is 10.5 Å². The molecule has 1 aliphatic heterocycles. The smallest absolute Gasteiger partial charge is 0.332 e. The van der Waals surface area contributed by atoms with E-state index in [0.717, 1.165) is 21.6 Å². The Labute approximate surface area is 171 Å². The van der Waals surface area contributed by atoms with Crippen molar-refractivity contribution in [1.29, 1.82) is 0 Å². The zero-order valence-corrected chi connectivity index (χ0v) is 17.5. The van der Waals surface area contributed by atoms with E-state index < -0.39 is 12.1 Å². The molecule has 1 aliphatic rings. The van der Waals surface area contributed by atoms with Gasteiger partial charge in [-0.2, -0.15) is 0 Å². The van der Waals surface area contributed by atoms with E-state index in [-0.39, 0.29) is 24.4 Å². The highest BCUT2D eigenvalue weighted by atomic mass is 16.2. The van der Waals surface area contributed by atoms with Gasteiger partial charge in [0, 0.05) is 5.69 Å². The number of aryl methyl sites for hydroxylation is 3. The molecule has 0 radical (unpaired) electrons. The van der Waals surface area contributed by atoms with Gasteiger partial charge in [-0.05, 0) is 63.4 Å². The molecule has 1 heterocycles. The summed E-state index contributed by atoms with van der Waals surface area (Å²) in [6.45, 7) is 9.29. The van der Waals surface area contributed by atoms with Gasteiger partial charge in [-0.15, -0.1) is 0 Å². The normalized spacial score (nSPS) is 17.6. The monoisotopic (exact) mass is 393 g/mol. The minimum atomic E-state index is -0.643. The third-order valence-corrected chi connectivity index (χ3v) is 5.47. The molecule has 1 fully saturated rings. The molecular weight excluding hydrogens is 366 g/mol. The van der Waals surface area contributed by atoms with E-state index in [2.05, 4.69) is 5.32 Å². The first-order valence-corrected chi connectivity index (χ1v) is 9.76. The van der Waals surface area contributed by atoms with E-state index in [1.807, 2.05) is 70.2 Å². The van der Waals surface area contributed by atoms with Crippen LogP contribution in [0.3, 0.4) is 0 Å². The predicted octanol–water partition coefficient (Wildman–Crippen LogP) is 3.65. The lowest BCUT2D eigenvalue weighted by Gasteiger charge is -2.20. The van der Waals surface area contributed by atoms with Gasteiger partial charge in [0.2, 0.25) is 5.91 Å². The maximum Gasteiger partial charge on any atom is 0.332 e. The third kappa shape index (κ3) is 4.16. The van der Waals surface area contributed by atoms with Crippen LogP contribution in [0.2, 0.25) is 0 Å². The zero-order chi connectivity index (χ0) is 21.3. The molecule has 6 heteroatoms. The largest absolute Gasteiger partial charge is 0.348 e. The lowest BCUT2D eigenvalue weighted by Crippen LogP contribution is -2.42. The molecule has 0 aliphatic carbocycles. The highest BCUT2D eigenvalue weighted by molar-refractivity contribution is 6.15. The summed E-state index contributed by atoms with van der Waals surface area (Å²) in [5.74, 6) is -0.736. The average Bonchev–Trinajstić information content (AvgIpc) is 2.88. The summed E-state index contributed by atoms with van der Waals surface area (Å²) in [6, 6.07) is 12.1. The number of benzene rings is 2. The second kappa shape index (κ2) is 8.07.